The van der Waals surface area contributed by atoms with Crippen LogP contribution in [0.4, 0.5) is 0 Å². The number of allylic oxidation sites excluding steroid dienone is 4. The highest BCUT2D eigenvalue weighted by Crippen LogP contribution is 2.23. The van der Waals surface area contributed by atoms with Crippen molar-refractivity contribution < 1.29 is 0 Å². The molecule has 0 heterocycles. The first-order chi connectivity index (χ1) is 5.18. The molecule has 0 nitrogen and oxygen atoms in total. The summed E-state index contributed by atoms with van der Waals surface area (Å²) in [6.45, 7) is 6.64. The Kier molecular flexibility index (Phi) is 2.92. The maximum atomic E-state index is 2.41. The zero-order chi connectivity index (χ0) is 8.27. The minimum Gasteiger partial charge on any atom is -0.0785 e. The molecular formula is C11H18. The van der Waals surface area contributed by atoms with Crippen LogP contribution < -0.4 is 0 Å². The highest BCUT2D eigenvalue weighted by Gasteiger charge is 2.06. The molecule has 1 atom stereocenters. The molecule has 62 valence electrons. The maximum absolute atomic E-state index is 2.41. The molecule has 0 fully saturated rings. The van der Waals surface area contributed by atoms with Crippen molar-refractivity contribution in [3.05, 3.63) is 23.3 Å². The molecule has 1 unspecified atom stereocenters. The van der Waals surface area contributed by atoms with E-state index in [2.05, 4.69) is 32.9 Å². The van der Waals surface area contributed by atoms with Crippen LogP contribution in [0.3, 0.4) is 0 Å². The molecule has 0 amide bonds. The first-order valence-corrected chi connectivity index (χ1v) is 4.54. The van der Waals surface area contributed by atoms with E-state index in [1.807, 2.05) is 0 Å². The number of hydrogen-bond acceptors (Lipinski definition) is 0. The van der Waals surface area contributed by atoms with Gasteiger partial charge in [-0.05, 0) is 39.0 Å². The van der Waals surface area contributed by atoms with Crippen LogP contribution in [-0.4, -0.2) is 0 Å². The van der Waals surface area contributed by atoms with Gasteiger partial charge in [0.1, 0.15) is 0 Å². The Morgan fingerprint density at radius 2 is 2.27 bits per heavy atom. The zero-order valence-corrected chi connectivity index (χ0v) is 7.85. The minimum atomic E-state index is 0.800. The molecule has 0 N–H and O–H groups in total. The first-order valence-electron chi connectivity index (χ1n) is 4.54. The molecule has 0 aromatic carbocycles. The van der Waals surface area contributed by atoms with Gasteiger partial charge >= 0.3 is 0 Å². The Balaban J connectivity index is 2.64. The lowest BCUT2D eigenvalue weighted by Crippen LogP contribution is -1.98. The van der Waals surface area contributed by atoms with E-state index in [0.29, 0.717) is 0 Å². The minimum absolute atomic E-state index is 0.800. The lowest BCUT2D eigenvalue weighted by molar-refractivity contribution is 0.573. The predicted molar refractivity (Wildman–Crippen MR) is 50.5 cm³/mol. The molecule has 1 aliphatic rings. The molecule has 0 aliphatic heterocycles. The van der Waals surface area contributed by atoms with Crippen LogP contribution in [0.15, 0.2) is 23.3 Å². The van der Waals surface area contributed by atoms with Crippen molar-refractivity contribution in [1.29, 1.82) is 0 Å². The average molecular weight is 150 g/mol. The summed E-state index contributed by atoms with van der Waals surface area (Å²) < 4.78 is 0. The van der Waals surface area contributed by atoms with Crippen LogP contribution >= 0.6 is 0 Å². The normalized spacial score (nSPS) is 24.3. The number of rotatable bonds is 1. The molecule has 1 aliphatic carbocycles. The third-order valence-electron chi connectivity index (χ3n) is 2.10. The lowest BCUT2D eigenvalue weighted by Gasteiger charge is -2.15. The molecule has 0 bridgehead atoms. The van der Waals surface area contributed by atoms with Crippen molar-refractivity contribution in [3.63, 3.8) is 0 Å². The predicted octanol–water partition coefficient (Wildman–Crippen LogP) is 3.70. The Bertz CT molecular complexity index is 180. The molecule has 0 aromatic rings. The highest BCUT2D eigenvalue weighted by molar-refractivity contribution is 5.23. The summed E-state index contributed by atoms with van der Waals surface area (Å²) in [6, 6.07) is 0. The Labute approximate surface area is 70.0 Å². The monoisotopic (exact) mass is 150 g/mol. The van der Waals surface area contributed by atoms with Gasteiger partial charge in [-0.25, -0.2) is 0 Å². The van der Waals surface area contributed by atoms with Gasteiger partial charge in [0.2, 0.25) is 0 Å². The van der Waals surface area contributed by atoms with Gasteiger partial charge in [-0.15, -0.1) is 0 Å². The average Bonchev–Trinajstić information content (AvgIpc) is 1.85. The van der Waals surface area contributed by atoms with Crippen LogP contribution in [0.2, 0.25) is 0 Å². The van der Waals surface area contributed by atoms with Crippen molar-refractivity contribution >= 4 is 0 Å². The van der Waals surface area contributed by atoms with E-state index in [4.69, 9.17) is 0 Å². The summed E-state index contributed by atoms with van der Waals surface area (Å²) in [5.41, 5.74) is 2.97. The van der Waals surface area contributed by atoms with Crippen molar-refractivity contribution in [3.8, 4) is 0 Å². The third kappa shape index (κ3) is 2.92. The summed E-state index contributed by atoms with van der Waals surface area (Å²) in [7, 11) is 0. The summed E-state index contributed by atoms with van der Waals surface area (Å²) in [6.07, 6.45) is 8.76. The van der Waals surface area contributed by atoms with E-state index in [1.54, 1.807) is 5.57 Å². The molecular weight excluding hydrogens is 132 g/mol. The van der Waals surface area contributed by atoms with Gasteiger partial charge in [-0.3, -0.25) is 0 Å². The van der Waals surface area contributed by atoms with E-state index in [-0.39, 0.29) is 0 Å². The van der Waals surface area contributed by atoms with E-state index < -0.39 is 0 Å². The summed E-state index contributed by atoms with van der Waals surface area (Å²) in [5.74, 6) is 0.800. The van der Waals surface area contributed by atoms with Crippen molar-refractivity contribution in [1.82, 2.24) is 0 Å². The maximum Gasteiger partial charge on any atom is -0.0256 e. The van der Waals surface area contributed by atoms with Crippen molar-refractivity contribution in [2.24, 2.45) is 5.92 Å². The summed E-state index contributed by atoms with van der Waals surface area (Å²) in [5, 5.41) is 0. The fourth-order valence-electron chi connectivity index (χ4n) is 1.65. The second-order valence-corrected chi connectivity index (χ2v) is 3.83. The lowest BCUT2D eigenvalue weighted by atomic mass is 9.91. The second kappa shape index (κ2) is 3.75. The molecule has 0 saturated carbocycles. The van der Waals surface area contributed by atoms with Gasteiger partial charge in [-0.1, -0.05) is 30.2 Å². The van der Waals surface area contributed by atoms with Gasteiger partial charge in [0.15, 0.2) is 0 Å². The summed E-state index contributed by atoms with van der Waals surface area (Å²) >= 11 is 0. The standard InChI is InChI=1S/C11H18/c1-9(2)7-11-6-4-5-10(3)8-11/h7-8,10H,4-6H2,1-3H3. The highest BCUT2D eigenvalue weighted by atomic mass is 14.1. The fraction of sp³-hybridized carbons (Fsp3) is 0.636. The fourth-order valence-corrected chi connectivity index (χ4v) is 1.65. The van der Waals surface area contributed by atoms with Gasteiger partial charge < -0.3 is 0 Å². The molecule has 0 saturated heterocycles. The molecule has 0 heteroatoms. The van der Waals surface area contributed by atoms with Crippen LogP contribution in [0.5, 0.6) is 0 Å². The molecule has 1 rings (SSSR count). The van der Waals surface area contributed by atoms with E-state index >= 15 is 0 Å². The van der Waals surface area contributed by atoms with Crippen LogP contribution in [0, 0.1) is 5.92 Å². The van der Waals surface area contributed by atoms with Crippen LogP contribution in [0.25, 0.3) is 0 Å². The van der Waals surface area contributed by atoms with Crippen LogP contribution in [-0.2, 0) is 0 Å². The van der Waals surface area contributed by atoms with E-state index in [0.717, 1.165) is 5.92 Å². The quantitative estimate of drug-likeness (QED) is 0.534. The summed E-state index contributed by atoms with van der Waals surface area (Å²) in [4.78, 5) is 0. The van der Waals surface area contributed by atoms with Gasteiger partial charge in [-0.2, -0.15) is 0 Å². The van der Waals surface area contributed by atoms with E-state index in [9.17, 15) is 0 Å². The smallest absolute Gasteiger partial charge is 0.0256 e. The molecule has 0 spiro atoms. The van der Waals surface area contributed by atoms with Crippen LogP contribution in [0.1, 0.15) is 40.0 Å². The van der Waals surface area contributed by atoms with Crippen molar-refractivity contribution in [2.45, 2.75) is 40.0 Å². The largest absolute Gasteiger partial charge is 0.0785 e. The second-order valence-electron chi connectivity index (χ2n) is 3.83. The van der Waals surface area contributed by atoms with Gasteiger partial charge in [0.05, 0.1) is 0 Å². The SMILES string of the molecule is CC(C)=CC1=CC(C)CCC1. The zero-order valence-electron chi connectivity index (χ0n) is 7.85. The van der Waals surface area contributed by atoms with E-state index in [1.165, 1.54) is 24.8 Å². The van der Waals surface area contributed by atoms with Gasteiger partial charge in [0.25, 0.3) is 0 Å². The Morgan fingerprint density at radius 1 is 1.55 bits per heavy atom. The molecule has 11 heavy (non-hydrogen) atoms. The molecule has 0 radical (unpaired) electrons. The number of hydrogen-bond donors (Lipinski definition) is 0. The molecule has 0 aromatic heterocycles. The first kappa shape index (κ1) is 8.58. The topological polar surface area (TPSA) is 0 Å². The van der Waals surface area contributed by atoms with Crippen molar-refractivity contribution in [2.75, 3.05) is 0 Å². The third-order valence-corrected chi connectivity index (χ3v) is 2.10. The Hall–Kier alpha value is -0.520. The van der Waals surface area contributed by atoms with Gasteiger partial charge in [0, 0.05) is 0 Å². The Morgan fingerprint density at radius 3 is 2.82 bits per heavy atom.